The van der Waals surface area contributed by atoms with Gasteiger partial charge in [0.2, 0.25) is 5.91 Å². The third-order valence-corrected chi connectivity index (χ3v) is 3.29. The van der Waals surface area contributed by atoms with Crippen LogP contribution in [0.1, 0.15) is 6.42 Å². The summed E-state index contributed by atoms with van der Waals surface area (Å²) in [5.41, 5.74) is 5.79. The van der Waals surface area contributed by atoms with Gasteiger partial charge in [-0.25, -0.2) is 4.39 Å². The van der Waals surface area contributed by atoms with Crippen molar-refractivity contribution in [1.29, 1.82) is 0 Å². The number of hydrogen-bond acceptors (Lipinski definition) is 4. The van der Waals surface area contributed by atoms with Crippen LogP contribution in [0.15, 0.2) is 24.3 Å². The van der Waals surface area contributed by atoms with E-state index in [1.807, 2.05) is 0 Å². The Morgan fingerprint density at radius 2 is 2.24 bits per heavy atom. The first kappa shape index (κ1) is 17.8. The maximum Gasteiger partial charge on any atom is 0.225 e. The van der Waals surface area contributed by atoms with Gasteiger partial charge < -0.3 is 15.8 Å². The summed E-state index contributed by atoms with van der Waals surface area (Å²) in [4.78, 5) is 13.9. The van der Waals surface area contributed by atoms with Gasteiger partial charge in [0.25, 0.3) is 0 Å². The number of halogens is 2. The Kier molecular flexibility index (Phi) is 7.60. The van der Waals surface area contributed by atoms with Crippen molar-refractivity contribution >= 4 is 24.0 Å². The van der Waals surface area contributed by atoms with Crippen molar-refractivity contribution in [3.63, 3.8) is 0 Å². The Morgan fingerprint density at radius 1 is 1.48 bits per heavy atom. The lowest BCUT2D eigenvalue weighted by Crippen LogP contribution is -2.46. The largest absolute Gasteiger partial charge is 0.374 e. The van der Waals surface area contributed by atoms with Gasteiger partial charge >= 0.3 is 0 Å². The molecule has 0 saturated carbocycles. The minimum atomic E-state index is -0.421. The average molecular weight is 318 g/mol. The van der Waals surface area contributed by atoms with Crippen LogP contribution in [0.4, 0.5) is 10.1 Å². The molecule has 1 aromatic rings. The second kappa shape index (κ2) is 8.94. The highest BCUT2D eigenvalue weighted by atomic mass is 35.5. The molecule has 3 N–H and O–H groups in total. The molecule has 1 heterocycles. The Balaban J connectivity index is 0.00000220. The van der Waals surface area contributed by atoms with Crippen LogP contribution in [0, 0.1) is 5.82 Å². The van der Waals surface area contributed by atoms with E-state index >= 15 is 0 Å². The Labute approximate surface area is 130 Å². The molecule has 1 aliphatic heterocycles. The summed E-state index contributed by atoms with van der Waals surface area (Å²) in [7, 11) is 0. The highest BCUT2D eigenvalue weighted by molar-refractivity contribution is 5.90. The van der Waals surface area contributed by atoms with Gasteiger partial charge in [0.1, 0.15) is 5.82 Å². The number of hydrogen-bond donors (Lipinski definition) is 2. The first-order valence-corrected chi connectivity index (χ1v) is 6.77. The van der Waals surface area contributed by atoms with Crippen molar-refractivity contribution in [3.8, 4) is 0 Å². The number of amides is 1. The number of carbonyl (C=O) groups excluding carboxylic acids is 1. The fourth-order valence-electron chi connectivity index (χ4n) is 2.16. The summed E-state index contributed by atoms with van der Waals surface area (Å²) in [6, 6.07) is 6.15. The highest BCUT2D eigenvalue weighted by Crippen LogP contribution is 2.13. The fraction of sp³-hybridized carbons (Fsp3) is 0.500. The number of carbonyl (C=O) groups is 1. The molecule has 5 nitrogen and oxygen atoms in total. The maximum absolute atomic E-state index is 13.4. The number of ether oxygens (including phenoxy) is 1. The standard InChI is InChI=1S/C14H20FN3O2.ClH/c15-12-3-1-2-4-13(12)17-14(19)5-6-18-7-8-20-11(9-16)10-18;/h1-4,11H,5-10,16H2,(H,17,19);1H. The number of benzene rings is 1. The Bertz CT molecular complexity index is 462. The quantitative estimate of drug-likeness (QED) is 0.857. The third-order valence-electron chi connectivity index (χ3n) is 3.29. The van der Waals surface area contributed by atoms with Crippen LogP contribution < -0.4 is 11.1 Å². The van der Waals surface area contributed by atoms with Crippen molar-refractivity contribution in [1.82, 2.24) is 4.90 Å². The minimum Gasteiger partial charge on any atom is -0.374 e. The summed E-state index contributed by atoms with van der Waals surface area (Å²) in [5, 5.41) is 2.58. The second-order valence-electron chi connectivity index (χ2n) is 4.81. The lowest BCUT2D eigenvalue weighted by molar-refractivity contribution is -0.117. The van der Waals surface area contributed by atoms with E-state index in [4.69, 9.17) is 10.5 Å². The number of nitrogens with one attached hydrogen (secondary N) is 1. The van der Waals surface area contributed by atoms with Crippen LogP contribution in [0.5, 0.6) is 0 Å². The van der Waals surface area contributed by atoms with E-state index in [0.29, 0.717) is 26.1 Å². The van der Waals surface area contributed by atoms with E-state index in [1.54, 1.807) is 18.2 Å². The normalized spacial score (nSPS) is 18.9. The maximum atomic E-state index is 13.4. The smallest absolute Gasteiger partial charge is 0.225 e. The first-order valence-electron chi connectivity index (χ1n) is 6.77. The van der Waals surface area contributed by atoms with Crippen molar-refractivity contribution in [2.75, 3.05) is 38.1 Å². The van der Waals surface area contributed by atoms with Crippen molar-refractivity contribution in [2.45, 2.75) is 12.5 Å². The number of rotatable bonds is 5. The molecule has 0 aliphatic carbocycles. The summed E-state index contributed by atoms with van der Waals surface area (Å²) < 4.78 is 18.8. The summed E-state index contributed by atoms with van der Waals surface area (Å²) in [6.45, 7) is 3.28. The molecule has 2 rings (SSSR count). The van der Waals surface area contributed by atoms with E-state index in [-0.39, 0.29) is 30.1 Å². The zero-order valence-corrected chi connectivity index (χ0v) is 12.6. The fourth-order valence-corrected chi connectivity index (χ4v) is 2.16. The molecule has 118 valence electrons. The van der Waals surface area contributed by atoms with Gasteiger partial charge in [-0.1, -0.05) is 12.1 Å². The molecular weight excluding hydrogens is 297 g/mol. The molecule has 0 bridgehead atoms. The van der Waals surface area contributed by atoms with Crippen molar-refractivity contribution in [2.24, 2.45) is 5.73 Å². The van der Waals surface area contributed by atoms with Crippen LogP contribution >= 0.6 is 12.4 Å². The van der Waals surface area contributed by atoms with Gasteiger partial charge in [-0.2, -0.15) is 0 Å². The summed E-state index contributed by atoms with van der Waals surface area (Å²) in [5.74, 6) is -0.610. The summed E-state index contributed by atoms with van der Waals surface area (Å²) >= 11 is 0. The highest BCUT2D eigenvalue weighted by Gasteiger charge is 2.19. The second-order valence-corrected chi connectivity index (χ2v) is 4.81. The van der Waals surface area contributed by atoms with E-state index < -0.39 is 5.82 Å². The topological polar surface area (TPSA) is 67.6 Å². The van der Waals surface area contributed by atoms with Crippen molar-refractivity contribution in [3.05, 3.63) is 30.1 Å². The first-order chi connectivity index (χ1) is 9.69. The van der Waals surface area contributed by atoms with Gasteiger partial charge in [0.15, 0.2) is 0 Å². The van der Waals surface area contributed by atoms with Gasteiger partial charge in [-0.15, -0.1) is 12.4 Å². The molecule has 1 aliphatic rings. The van der Waals surface area contributed by atoms with Gasteiger partial charge in [-0.3, -0.25) is 9.69 Å². The zero-order valence-electron chi connectivity index (χ0n) is 11.8. The number of para-hydroxylation sites is 1. The molecule has 7 heteroatoms. The SMILES string of the molecule is Cl.NCC1CN(CCC(=O)Nc2ccccc2F)CCO1. The number of morpholine rings is 1. The van der Waals surface area contributed by atoms with Crippen LogP contribution in [0.2, 0.25) is 0 Å². The molecule has 1 amide bonds. The molecule has 21 heavy (non-hydrogen) atoms. The van der Waals surface area contributed by atoms with E-state index in [0.717, 1.165) is 13.1 Å². The lowest BCUT2D eigenvalue weighted by atomic mass is 10.2. The van der Waals surface area contributed by atoms with Gasteiger partial charge in [-0.05, 0) is 12.1 Å². The molecule has 0 radical (unpaired) electrons. The van der Waals surface area contributed by atoms with Gasteiger partial charge in [0, 0.05) is 32.6 Å². The summed E-state index contributed by atoms with van der Waals surface area (Å²) in [6.07, 6.45) is 0.365. The number of nitrogens with zero attached hydrogens (tertiary/aromatic N) is 1. The minimum absolute atomic E-state index is 0. The molecule has 0 aromatic heterocycles. The van der Waals surface area contributed by atoms with Crippen LogP contribution in [0.3, 0.4) is 0 Å². The predicted octanol–water partition coefficient (Wildman–Crippen LogP) is 1.24. The Morgan fingerprint density at radius 3 is 2.95 bits per heavy atom. The molecule has 1 aromatic carbocycles. The molecule has 1 saturated heterocycles. The lowest BCUT2D eigenvalue weighted by Gasteiger charge is -2.32. The van der Waals surface area contributed by atoms with E-state index in [9.17, 15) is 9.18 Å². The van der Waals surface area contributed by atoms with E-state index in [1.165, 1.54) is 6.07 Å². The third kappa shape index (κ3) is 5.59. The molecule has 1 unspecified atom stereocenters. The Hall–Kier alpha value is -1.21. The van der Waals surface area contributed by atoms with Gasteiger partial charge in [0.05, 0.1) is 18.4 Å². The molecular formula is C14H21ClFN3O2. The predicted molar refractivity (Wildman–Crippen MR) is 82.1 cm³/mol. The number of nitrogens with two attached hydrogens (primary N) is 1. The number of anilines is 1. The molecule has 0 spiro atoms. The molecule has 1 atom stereocenters. The zero-order chi connectivity index (χ0) is 14.4. The van der Waals surface area contributed by atoms with Crippen LogP contribution in [-0.4, -0.2) is 49.7 Å². The average Bonchev–Trinajstić information content (AvgIpc) is 2.48. The molecule has 1 fully saturated rings. The van der Waals surface area contributed by atoms with Crippen LogP contribution in [0.25, 0.3) is 0 Å². The van der Waals surface area contributed by atoms with Crippen LogP contribution in [-0.2, 0) is 9.53 Å². The van der Waals surface area contributed by atoms with Crippen molar-refractivity contribution < 1.29 is 13.9 Å². The van der Waals surface area contributed by atoms with E-state index in [2.05, 4.69) is 10.2 Å². The monoisotopic (exact) mass is 317 g/mol.